The normalized spacial score (nSPS) is 19.0. The fourth-order valence-electron chi connectivity index (χ4n) is 3.28. The smallest absolute Gasteiger partial charge is 0.275 e. The van der Waals surface area contributed by atoms with Gasteiger partial charge in [0.1, 0.15) is 17.6 Å². The van der Waals surface area contributed by atoms with Crippen LogP contribution in [0.5, 0.6) is 11.5 Å². The predicted molar refractivity (Wildman–Crippen MR) is 101 cm³/mol. The number of nitrogens with one attached hydrogen (secondary N) is 3. The molecule has 1 aromatic carbocycles. The lowest BCUT2D eigenvalue weighted by Crippen LogP contribution is -3.11. The van der Waals surface area contributed by atoms with E-state index in [2.05, 4.69) is 10.6 Å². The Bertz CT molecular complexity index is 703. The number of carbonyl (C=O) groups is 2. The summed E-state index contributed by atoms with van der Waals surface area (Å²) in [6, 6.07) is 4.33. The molecule has 0 saturated heterocycles. The minimum Gasteiger partial charge on any atom is -0.494 e. The Hall–Kier alpha value is -2.28. The maximum Gasteiger partial charge on any atom is 0.275 e. The summed E-state index contributed by atoms with van der Waals surface area (Å²) in [7, 11) is 1.85. The second kappa shape index (κ2) is 8.61. The van der Waals surface area contributed by atoms with Crippen LogP contribution in [0.25, 0.3) is 0 Å². The summed E-state index contributed by atoms with van der Waals surface area (Å²) in [5.41, 5.74) is 2.05. The monoisotopic (exact) mass is 376 g/mol. The molecule has 0 bridgehead atoms. The van der Waals surface area contributed by atoms with E-state index >= 15 is 0 Å². The molecule has 1 aromatic rings. The molecule has 1 saturated carbocycles. The predicted octanol–water partition coefficient (Wildman–Crippen LogP) is -0.182. The first-order chi connectivity index (χ1) is 12.9. The van der Waals surface area contributed by atoms with Crippen LogP contribution >= 0.6 is 0 Å². The van der Waals surface area contributed by atoms with E-state index in [0.29, 0.717) is 25.7 Å². The second-order valence-electron chi connectivity index (χ2n) is 7.56. The fourth-order valence-corrected chi connectivity index (χ4v) is 3.28. The van der Waals surface area contributed by atoms with E-state index in [-0.39, 0.29) is 24.5 Å². The Morgan fingerprint density at radius 2 is 2.00 bits per heavy atom. The van der Waals surface area contributed by atoms with Crippen LogP contribution in [0.4, 0.5) is 0 Å². The van der Waals surface area contributed by atoms with Gasteiger partial charge in [0.15, 0.2) is 13.1 Å². The van der Waals surface area contributed by atoms with Crippen molar-refractivity contribution in [3.63, 3.8) is 0 Å². The van der Waals surface area contributed by atoms with Crippen molar-refractivity contribution in [3.8, 4) is 11.5 Å². The van der Waals surface area contributed by atoms with Crippen molar-refractivity contribution >= 4 is 11.8 Å². The quantitative estimate of drug-likeness (QED) is 0.559. The number of benzene rings is 1. The maximum absolute atomic E-state index is 12.3. The molecule has 2 amide bonds. The van der Waals surface area contributed by atoms with E-state index < -0.39 is 0 Å². The van der Waals surface area contributed by atoms with Gasteiger partial charge in [-0.1, -0.05) is 0 Å². The summed E-state index contributed by atoms with van der Waals surface area (Å²) >= 11 is 0. The average molecular weight is 376 g/mol. The molecule has 2 atom stereocenters. The van der Waals surface area contributed by atoms with Crippen molar-refractivity contribution in [2.45, 2.75) is 51.8 Å². The molecule has 0 aromatic heterocycles. The second-order valence-corrected chi connectivity index (χ2v) is 7.56. The van der Waals surface area contributed by atoms with Crippen molar-refractivity contribution in [2.24, 2.45) is 0 Å². The number of hydrogen-bond donors (Lipinski definition) is 3. The zero-order chi connectivity index (χ0) is 19.4. The van der Waals surface area contributed by atoms with Gasteiger partial charge in [0.2, 0.25) is 0 Å². The number of carbonyl (C=O) groups excluding carboxylic acids is 2. The third-order valence-corrected chi connectivity index (χ3v) is 4.72. The topological polar surface area (TPSA) is 81.1 Å². The summed E-state index contributed by atoms with van der Waals surface area (Å²) in [5.74, 6) is 1.57. The SMILES string of the molecule is CCOc1cc2c(cc1CNC(=O)C[NH+](C)CC(=O)NC1CC1)O[C@H](C)C2. The summed E-state index contributed by atoms with van der Waals surface area (Å²) in [4.78, 5) is 24.9. The van der Waals surface area contributed by atoms with Crippen LogP contribution in [0.1, 0.15) is 37.8 Å². The number of likely N-dealkylation sites (N-methyl/N-ethyl adjacent to an activating group) is 1. The first kappa shape index (κ1) is 19.5. The summed E-state index contributed by atoms with van der Waals surface area (Å²) in [6.45, 7) is 5.48. The first-order valence-electron chi connectivity index (χ1n) is 9.77. The molecule has 1 aliphatic carbocycles. The van der Waals surface area contributed by atoms with Crippen molar-refractivity contribution in [2.75, 3.05) is 26.7 Å². The number of fused-ring (bicyclic) bond motifs is 1. The average Bonchev–Trinajstić information content (AvgIpc) is 3.31. The highest BCUT2D eigenvalue weighted by Crippen LogP contribution is 2.35. The van der Waals surface area contributed by atoms with Crippen LogP contribution in [0.3, 0.4) is 0 Å². The zero-order valence-electron chi connectivity index (χ0n) is 16.4. The van der Waals surface area contributed by atoms with Crippen LogP contribution < -0.4 is 25.0 Å². The van der Waals surface area contributed by atoms with Gasteiger partial charge in [0.25, 0.3) is 11.8 Å². The molecule has 1 heterocycles. The Balaban J connectivity index is 1.51. The molecule has 7 heteroatoms. The van der Waals surface area contributed by atoms with Gasteiger partial charge in [-0.15, -0.1) is 0 Å². The lowest BCUT2D eigenvalue weighted by Gasteiger charge is -2.15. The van der Waals surface area contributed by atoms with E-state index in [0.717, 1.165) is 46.8 Å². The molecule has 1 fully saturated rings. The van der Waals surface area contributed by atoms with E-state index in [1.54, 1.807) is 0 Å². The van der Waals surface area contributed by atoms with Crippen LogP contribution in [0.15, 0.2) is 12.1 Å². The molecule has 3 N–H and O–H groups in total. The third kappa shape index (κ3) is 5.60. The van der Waals surface area contributed by atoms with Gasteiger partial charge in [0, 0.05) is 30.1 Å². The number of hydrogen-bond acceptors (Lipinski definition) is 4. The van der Waals surface area contributed by atoms with Crippen molar-refractivity contribution in [1.82, 2.24) is 10.6 Å². The molecule has 0 radical (unpaired) electrons. The molecule has 0 spiro atoms. The molecule has 148 valence electrons. The van der Waals surface area contributed by atoms with Crippen molar-refractivity contribution < 1.29 is 24.0 Å². The van der Waals surface area contributed by atoms with Gasteiger partial charge in [-0.25, -0.2) is 0 Å². The fraction of sp³-hybridized carbons (Fsp3) is 0.600. The lowest BCUT2D eigenvalue weighted by atomic mass is 10.1. The van der Waals surface area contributed by atoms with Gasteiger partial charge in [-0.3, -0.25) is 9.59 Å². The highest BCUT2D eigenvalue weighted by Gasteiger charge is 2.25. The van der Waals surface area contributed by atoms with Gasteiger partial charge in [0.05, 0.1) is 13.7 Å². The standard InChI is InChI=1S/C20H29N3O4/c1-4-26-17-8-14-7-13(2)27-18(14)9-15(17)10-21-19(24)11-23(3)12-20(25)22-16-5-6-16/h8-9,13,16H,4-7,10-12H2,1-3H3,(H,21,24)(H,22,25)/p+1/t13-/m1/s1. The van der Waals surface area contributed by atoms with E-state index in [1.165, 1.54) is 0 Å². The molecule has 7 nitrogen and oxygen atoms in total. The van der Waals surface area contributed by atoms with Crippen molar-refractivity contribution in [1.29, 1.82) is 0 Å². The van der Waals surface area contributed by atoms with E-state index in [1.807, 2.05) is 33.0 Å². The number of rotatable bonds is 9. The first-order valence-corrected chi connectivity index (χ1v) is 9.77. The van der Waals surface area contributed by atoms with Gasteiger partial charge in [-0.05, 0) is 38.8 Å². The van der Waals surface area contributed by atoms with Crippen LogP contribution in [0.2, 0.25) is 0 Å². The Morgan fingerprint density at radius 3 is 2.70 bits per heavy atom. The van der Waals surface area contributed by atoms with Gasteiger partial charge in [-0.2, -0.15) is 0 Å². The molecule has 1 aliphatic heterocycles. The van der Waals surface area contributed by atoms with Crippen molar-refractivity contribution in [3.05, 3.63) is 23.3 Å². The van der Waals surface area contributed by atoms with Gasteiger partial charge < -0.3 is 25.0 Å². The molecular formula is C20H30N3O4+. The Kier molecular flexibility index (Phi) is 6.21. The number of ether oxygens (including phenoxy) is 2. The summed E-state index contributed by atoms with van der Waals surface area (Å²) in [6.07, 6.45) is 3.17. The Labute approximate surface area is 160 Å². The Morgan fingerprint density at radius 1 is 1.26 bits per heavy atom. The van der Waals surface area contributed by atoms with Crippen LogP contribution in [-0.4, -0.2) is 50.7 Å². The minimum absolute atomic E-state index is 0.00585. The van der Waals surface area contributed by atoms with Gasteiger partial charge >= 0.3 is 0 Å². The summed E-state index contributed by atoms with van der Waals surface area (Å²) in [5, 5.41) is 5.87. The highest BCUT2D eigenvalue weighted by atomic mass is 16.5. The largest absolute Gasteiger partial charge is 0.494 e. The van der Waals surface area contributed by atoms with Crippen LogP contribution in [0, 0.1) is 0 Å². The molecule has 27 heavy (non-hydrogen) atoms. The minimum atomic E-state index is -0.0936. The molecule has 3 rings (SSSR count). The molecule has 1 unspecified atom stereocenters. The molecular weight excluding hydrogens is 346 g/mol. The molecule has 2 aliphatic rings. The van der Waals surface area contributed by atoms with E-state index in [9.17, 15) is 9.59 Å². The zero-order valence-corrected chi connectivity index (χ0v) is 16.4. The highest BCUT2D eigenvalue weighted by molar-refractivity contribution is 5.79. The number of quaternary nitrogens is 1. The summed E-state index contributed by atoms with van der Waals surface area (Å²) < 4.78 is 11.6. The van der Waals surface area contributed by atoms with E-state index in [4.69, 9.17) is 9.47 Å². The number of amides is 2. The maximum atomic E-state index is 12.3. The third-order valence-electron chi connectivity index (χ3n) is 4.72. The lowest BCUT2D eigenvalue weighted by molar-refractivity contribution is -0.862. The van der Waals surface area contributed by atoms with Crippen LogP contribution in [-0.2, 0) is 22.6 Å².